The van der Waals surface area contributed by atoms with E-state index in [1.54, 1.807) is 33.8 Å². The summed E-state index contributed by atoms with van der Waals surface area (Å²) in [5.41, 5.74) is 13.3. The number of nitrogens with one attached hydrogen (secondary N) is 5. The minimum atomic E-state index is -2.03. The van der Waals surface area contributed by atoms with Gasteiger partial charge in [0, 0.05) is 35.6 Å². The molecule has 3 heterocycles. The first-order chi connectivity index (χ1) is 33.6. The molecule has 1 aromatic heterocycles. The molecule has 0 bridgehead atoms. The molecule has 1 fully saturated rings. The van der Waals surface area contributed by atoms with E-state index >= 15 is 4.39 Å². The molecule has 0 saturated carbocycles. The van der Waals surface area contributed by atoms with E-state index in [1.807, 2.05) is 0 Å². The molecule has 71 heavy (non-hydrogen) atoms. The number of aliphatic hydroxyl groups is 3. The van der Waals surface area contributed by atoms with Gasteiger partial charge < -0.3 is 67.6 Å². The number of pyridine rings is 1. The number of ketones is 1. The number of benzene rings is 1. The Hall–Kier alpha value is -6.24. The zero-order valence-electron chi connectivity index (χ0n) is 40.0. The predicted octanol–water partition coefficient (Wildman–Crippen LogP) is -1.76. The first-order valence-electron chi connectivity index (χ1n) is 23.7. The number of halogens is 1. The lowest BCUT2D eigenvalue weighted by atomic mass is 9.75. The number of hydrogen-bond acceptors (Lipinski definition) is 16. The maximum atomic E-state index is 15.3. The van der Waals surface area contributed by atoms with Gasteiger partial charge in [-0.2, -0.15) is 0 Å². The number of nitrogens with two attached hydrogens (primary N) is 2. The van der Waals surface area contributed by atoms with Crippen molar-refractivity contribution in [2.45, 2.75) is 134 Å². The second kappa shape index (κ2) is 21.2. The molecule has 22 nitrogen and oxygen atoms in total. The van der Waals surface area contributed by atoms with E-state index in [1.165, 1.54) is 13.0 Å². The number of amides is 6. The van der Waals surface area contributed by atoms with Crippen molar-refractivity contribution < 1.29 is 72.3 Å². The van der Waals surface area contributed by atoms with Crippen molar-refractivity contribution >= 4 is 63.7 Å². The summed E-state index contributed by atoms with van der Waals surface area (Å²) >= 11 is 0. The van der Waals surface area contributed by atoms with Crippen molar-refractivity contribution in [2.75, 3.05) is 26.5 Å². The lowest BCUT2D eigenvalue weighted by molar-refractivity contribution is -0.163. The second-order valence-corrected chi connectivity index (χ2v) is 19.1. The number of carbonyl (C=O) groups excluding carboxylic acids is 8. The number of hydrogen-bond donors (Lipinski definition) is 10. The third-order valence-corrected chi connectivity index (χ3v) is 14.0. The average Bonchev–Trinajstić information content (AvgIpc) is 3.82. The van der Waals surface area contributed by atoms with Gasteiger partial charge in [0.1, 0.15) is 56.2 Å². The number of Topliss-reactive ketones (excluding diaryl/α,β-unsaturated/α-hetero) is 1. The largest absolute Gasteiger partial charge is 0.458 e. The highest BCUT2D eigenvalue weighted by molar-refractivity contribution is 6.12. The van der Waals surface area contributed by atoms with Crippen LogP contribution in [-0.4, -0.2) is 142 Å². The fourth-order valence-electron chi connectivity index (χ4n) is 9.95. The summed E-state index contributed by atoms with van der Waals surface area (Å²) in [5.74, 6) is -6.69. The summed E-state index contributed by atoms with van der Waals surface area (Å²) in [7, 11) is 0. The van der Waals surface area contributed by atoms with E-state index in [4.69, 9.17) is 30.7 Å². The zero-order chi connectivity index (χ0) is 51.8. The quantitative estimate of drug-likeness (QED) is 0.0424. The maximum absolute atomic E-state index is 15.3. The monoisotopic (exact) mass is 992 g/mol. The lowest BCUT2D eigenvalue weighted by Gasteiger charge is -2.35. The van der Waals surface area contributed by atoms with Gasteiger partial charge in [0.25, 0.3) is 0 Å². The summed E-state index contributed by atoms with van der Waals surface area (Å²) in [6.07, 6.45) is -2.82. The minimum absolute atomic E-state index is 0.0323. The molecule has 0 radical (unpaired) electrons. The Labute approximate surface area is 407 Å². The van der Waals surface area contributed by atoms with E-state index in [0.717, 1.165) is 5.56 Å². The summed E-state index contributed by atoms with van der Waals surface area (Å²) in [6, 6.07) is -2.73. The molecule has 2 aliphatic heterocycles. The van der Waals surface area contributed by atoms with Crippen molar-refractivity contribution in [1.29, 1.82) is 0 Å². The molecular weight excluding hydrogens is 932 g/mol. The first-order valence-corrected chi connectivity index (χ1v) is 23.7. The highest BCUT2D eigenvalue weighted by Crippen LogP contribution is 2.51. The van der Waals surface area contributed by atoms with E-state index < -0.39 is 127 Å². The Morgan fingerprint density at radius 3 is 2.41 bits per heavy atom. The number of rotatable bonds is 19. The Morgan fingerprint density at radius 2 is 1.72 bits per heavy atom. The number of aliphatic hydroxyl groups excluding tert-OH is 2. The van der Waals surface area contributed by atoms with Crippen molar-refractivity contribution in [1.82, 2.24) is 31.6 Å². The highest BCUT2D eigenvalue weighted by atomic mass is 19.1. The fraction of sp³-hybridized carbons (Fsp3) is 0.562. The molecule has 384 valence electrons. The molecule has 1 unspecified atom stereocenters. The molecule has 0 spiro atoms. The van der Waals surface area contributed by atoms with Crippen LogP contribution in [0.1, 0.15) is 93.8 Å². The molecule has 2 aromatic rings. The molecule has 23 heteroatoms. The van der Waals surface area contributed by atoms with Gasteiger partial charge >= 0.3 is 5.97 Å². The van der Waals surface area contributed by atoms with Crippen LogP contribution in [0.2, 0.25) is 0 Å². The minimum Gasteiger partial charge on any atom is -0.458 e. The van der Waals surface area contributed by atoms with Gasteiger partial charge in [-0.15, -0.1) is 0 Å². The molecule has 5 aliphatic rings. The Kier molecular flexibility index (Phi) is 15.7. The third-order valence-electron chi connectivity index (χ3n) is 14.0. The lowest BCUT2D eigenvalue weighted by Crippen LogP contribution is -2.57. The number of aryl methyl sites for hydroxylation is 1. The van der Waals surface area contributed by atoms with Crippen LogP contribution < -0.4 is 38.1 Å². The van der Waals surface area contributed by atoms with Crippen molar-refractivity contribution in [3.05, 3.63) is 57.1 Å². The highest BCUT2D eigenvalue weighted by Gasteiger charge is 2.51. The molecule has 7 rings (SSSR count). The Morgan fingerprint density at radius 1 is 1.00 bits per heavy atom. The number of nitrogens with zero attached hydrogens (tertiary/aromatic N) is 1. The summed E-state index contributed by atoms with van der Waals surface area (Å²) in [6.45, 7) is 6.64. The standard InChI is InChI=1S/C48H61FN8O14/c1-6-48(68)27-12-23-24(41(61)26(27)16-70-47(48)67)11-25-38-30(9-7-22-20(4)28(49)13-31(37(22)38)56-40(23)25)55-36(60)17-69-18-53-44(64)21(5)54-46(66)39(19(2)3)57-45(65)29(50)8-10-35(59)52-15-33-43(63)42(62)32(71-33)14-34(51)58/h12-13,19,21,24,29-30,32-33,39,42-43,62-63,68H,6-11,14-18,50H2,1-5H3,(H2,51,58)(H,52,59)(H,53,64)(H,54,66)(H,55,60)(H,57,65)/t21-,24?,29-,30-,32-,33+,39-,42-,43+,48-/m0/s1. The van der Waals surface area contributed by atoms with Gasteiger partial charge in [-0.05, 0) is 85.8 Å². The second-order valence-electron chi connectivity index (χ2n) is 19.1. The molecule has 12 N–H and O–H groups in total. The average molecular weight is 993 g/mol. The van der Waals surface area contributed by atoms with Gasteiger partial charge in [0.05, 0.1) is 41.7 Å². The van der Waals surface area contributed by atoms with Gasteiger partial charge in [-0.25, -0.2) is 14.2 Å². The molecule has 6 amide bonds. The topological polar surface area (TPSA) is 350 Å². The van der Waals surface area contributed by atoms with Gasteiger partial charge in [0.15, 0.2) is 11.4 Å². The van der Waals surface area contributed by atoms with Crippen LogP contribution in [0, 0.1) is 24.6 Å². The number of ether oxygens (including phenoxy) is 3. The summed E-state index contributed by atoms with van der Waals surface area (Å²) < 4.78 is 31.5. The number of allylic oxidation sites excluding steroid dienone is 1. The summed E-state index contributed by atoms with van der Waals surface area (Å²) in [5, 5.41) is 45.4. The number of fused-ring (bicyclic) bond motifs is 4. The van der Waals surface area contributed by atoms with Crippen molar-refractivity contribution in [3.8, 4) is 0 Å². The van der Waals surface area contributed by atoms with E-state index in [-0.39, 0.29) is 62.2 Å². The maximum Gasteiger partial charge on any atom is 0.343 e. The van der Waals surface area contributed by atoms with E-state index in [9.17, 15) is 53.7 Å². The number of aromatic nitrogens is 1. The number of cyclic esters (lactones) is 1. The Balaban J connectivity index is 0.900. The molecule has 1 saturated heterocycles. The SMILES string of the molecule is CC[C@@]1(O)C(=O)OCC2=C1C=C1c3nc4cc(F)c(C)c5c4c(c3CC1C2=O)[C@@H](NC(=O)COCNC(=O)[C@H](C)NC(=O)[C@@H](NC(=O)[C@@H](N)CCC(=O)NC[C@H]1O[C@@H](CC(N)=O)[C@H](O)[C@@H]1O)C(C)C)CC5. The molecule has 3 aliphatic carbocycles. The summed E-state index contributed by atoms with van der Waals surface area (Å²) in [4.78, 5) is 108. The normalized spacial score (nSPS) is 25.5. The van der Waals surface area contributed by atoms with Crippen LogP contribution in [0.15, 0.2) is 23.3 Å². The molecule has 10 atom stereocenters. The number of esters is 1. The first kappa shape index (κ1) is 52.6. The molecular formula is C48H61FN8O14. The van der Waals surface area contributed by atoms with Crippen molar-refractivity contribution in [2.24, 2.45) is 23.3 Å². The van der Waals surface area contributed by atoms with Gasteiger partial charge in [0.2, 0.25) is 35.4 Å². The number of carbonyl (C=O) groups is 8. The predicted molar refractivity (Wildman–Crippen MR) is 247 cm³/mol. The van der Waals surface area contributed by atoms with E-state index in [0.29, 0.717) is 51.7 Å². The Bertz CT molecular complexity index is 2620. The van der Waals surface area contributed by atoms with Gasteiger partial charge in [-0.1, -0.05) is 20.8 Å². The van der Waals surface area contributed by atoms with Crippen LogP contribution in [0.5, 0.6) is 0 Å². The smallest absolute Gasteiger partial charge is 0.343 e. The van der Waals surface area contributed by atoms with Crippen LogP contribution in [0.3, 0.4) is 0 Å². The van der Waals surface area contributed by atoms with E-state index in [2.05, 4.69) is 26.6 Å². The third kappa shape index (κ3) is 10.6. The van der Waals surface area contributed by atoms with Crippen LogP contribution >= 0.6 is 0 Å². The van der Waals surface area contributed by atoms with Crippen LogP contribution in [0.4, 0.5) is 4.39 Å². The van der Waals surface area contributed by atoms with Crippen molar-refractivity contribution in [3.63, 3.8) is 0 Å². The molecule has 1 aromatic carbocycles. The fourth-order valence-corrected chi connectivity index (χ4v) is 9.95. The van der Waals surface area contributed by atoms with Gasteiger partial charge in [-0.3, -0.25) is 33.6 Å². The zero-order valence-corrected chi connectivity index (χ0v) is 40.0. The number of primary amides is 1. The van der Waals surface area contributed by atoms with Crippen LogP contribution in [-0.2, 0) is 65.4 Å². The van der Waals surface area contributed by atoms with Crippen LogP contribution in [0.25, 0.3) is 16.5 Å².